The first-order valence-corrected chi connectivity index (χ1v) is 9.77. The summed E-state index contributed by atoms with van der Waals surface area (Å²) in [5, 5.41) is 4.08. The molecular weight excluding hydrogens is 421 g/mol. The van der Waals surface area contributed by atoms with Gasteiger partial charge in [-0.3, -0.25) is 0 Å². The molecule has 142 valence electrons. The molecule has 2 aromatic carbocycles. The lowest BCUT2D eigenvalue weighted by Gasteiger charge is -2.09. The summed E-state index contributed by atoms with van der Waals surface area (Å²) < 4.78 is 22.3. The van der Waals surface area contributed by atoms with E-state index in [4.69, 9.17) is 4.74 Å². The molecule has 0 saturated carbocycles. The Balaban J connectivity index is 1.62. The first-order chi connectivity index (χ1) is 13.6. The van der Waals surface area contributed by atoms with E-state index in [1.165, 1.54) is 12.1 Å². The van der Waals surface area contributed by atoms with Crippen LogP contribution in [0.25, 0.3) is 10.9 Å². The Labute approximate surface area is 171 Å². The fraction of sp³-hybridized carbons (Fsp3) is 0.136. The molecule has 0 atom stereocenters. The Morgan fingerprint density at radius 1 is 1.14 bits per heavy atom. The minimum Gasteiger partial charge on any atom is -0.438 e. The van der Waals surface area contributed by atoms with Crippen molar-refractivity contribution < 1.29 is 9.13 Å². The summed E-state index contributed by atoms with van der Waals surface area (Å²) in [5.41, 5.74) is 3.10. The quantitative estimate of drug-likeness (QED) is 0.399. The highest BCUT2D eigenvalue weighted by molar-refractivity contribution is 9.10. The van der Waals surface area contributed by atoms with Crippen molar-refractivity contribution in [2.24, 2.45) is 0 Å². The van der Waals surface area contributed by atoms with Gasteiger partial charge >= 0.3 is 0 Å². The van der Waals surface area contributed by atoms with E-state index in [1.807, 2.05) is 43.4 Å². The van der Waals surface area contributed by atoms with Gasteiger partial charge in [0.25, 0.3) is 0 Å². The summed E-state index contributed by atoms with van der Waals surface area (Å²) in [5.74, 6) is 1.06. The van der Waals surface area contributed by atoms with Gasteiger partial charge in [-0.05, 0) is 58.2 Å². The number of halogens is 2. The van der Waals surface area contributed by atoms with E-state index >= 15 is 0 Å². The van der Waals surface area contributed by atoms with Crippen molar-refractivity contribution in [1.82, 2.24) is 9.55 Å². The first kappa shape index (κ1) is 18.5. The third kappa shape index (κ3) is 3.87. The molecule has 28 heavy (non-hydrogen) atoms. The lowest BCUT2D eigenvalue weighted by atomic mass is 10.1. The Hall–Kier alpha value is -2.86. The van der Waals surface area contributed by atoms with Crippen molar-refractivity contribution in [1.29, 1.82) is 0 Å². The number of ether oxygens (including phenoxy) is 1. The van der Waals surface area contributed by atoms with Gasteiger partial charge in [0, 0.05) is 42.2 Å². The lowest BCUT2D eigenvalue weighted by Crippen LogP contribution is -2.00. The van der Waals surface area contributed by atoms with E-state index in [9.17, 15) is 4.39 Å². The maximum atomic E-state index is 13.1. The number of nitrogens with one attached hydrogen (secondary N) is 1. The molecule has 0 unspecified atom stereocenters. The molecular formula is C22H19BrFN3O. The molecule has 6 heteroatoms. The SMILES string of the molecule is CNc1ccnc(Oc2cccc3c2c(Br)cn3CCc2ccc(F)cc2)c1. The van der Waals surface area contributed by atoms with Gasteiger partial charge in [-0.25, -0.2) is 9.37 Å². The molecule has 0 spiro atoms. The number of fused-ring (bicyclic) bond motifs is 1. The zero-order chi connectivity index (χ0) is 19.5. The van der Waals surface area contributed by atoms with E-state index in [0.29, 0.717) is 5.88 Å². The summed E-state index contributed by atoms with van der Waals surface area (Å²) in [7, 11) is 1.86. The Kier molecular flexibility index (Phi) is 5.30. The van der Waals surface area contributed by atoms with E-state index in [-0.39, 0.29) is 5.82 Å². The lowest BCUT2D eigenvalue weighted by molar-refractivity contribution is 0.468. The van der Waals surface area contributed by atoms with Gasteiger partial charge in [-0.15, -0.1) is 0 Å². The third-order valence-electron chi connectivity index (χ3n) is 4.61. The van der Waals surface area contributed by atoms with Crippen molar-refractivity contribution in [3.63, 3.8) is 0 Å². The second-order valence-electron chi connectivity index (χ2n) is 6.43. The topological polar surface area (TPSA) is 39.1 Å². The van der Waals surface area contributed by atoms with Crippen molar-refractivity contribution >= 4 is 32.5 Å². The molecule has 0 aliphatic carbocycles. The summed E-state index contributed by atoms with van der Waals surface area (Å²) in [6, 6.07) is 16.4. The normalized spacial score (nSPS) is 11.0. The maximum Gasteiger partial charge on any atom is 0.221 e. The number of aryl methyl sites for hydroxylation is 2. The average Bonchev–Trinajstić information content (AvgIpc) is 3.04. The standard InChI is InChI=1S/C22H19BrFN3O/c1-25-17-9-11-26-21(13-17)28-20-4-2-3-19-22(20)18(23)14-27(19)12-10-15-5-7-16(24)8-6-15/h2-9,11,13-14H,10,12H2,1H3,(H,25,26). The van der Waals surface area contributed by atoms with Crippen LogP contribution in [0.2, 0.25) is 0 Å². The van der Waals surface area contributed by atoms with Crippen LogP contribution < -0.4 is 10.1 Å². The van der Waals surface area contributed by atoms with Crippen molar-refractivity contribution in [3.05, 3.63) is 82.8 Å². The zero-order valence-electron chi connectivity index (χ0n) is 15.3. The molecule has 0 fully saturated rings. The molecule has 2 heterocycles. The molecule has 4 rings (SSSR count). The highest BCUT2D eigenvalue weighted by Gasteiger charge is 2.13. The third-order valence-corrected chi connectivity index (χ3v) is 5.22. The van der Waals surface area contributed by atoms with Gasteiger partial charge in [0.1, 0.15) is 11.6 Å². The van der Waals surface area contributed by atoms with Crippen LogP contribution in [-0.2, 0) is 13.0 Å². The summed E-state index contributed by atoms with van der Waals surface area (Å²) in [4.78, 5) is 4.29. The molecule has 1 N–H and O–H groups in total. The molecule has 0 aliphatic heterocycles. The molecule has 4 aromatic rings. The number of nitrogens with zero attached hydrogens (tertiary/aromatic N) is 2. The van der Waals surface area contributed by atoms with Crippen LogP contribution in [0.1, 0.15) is 5.56 Å². The summed E-state index contributed by atoms with van der Waals surface area (Å²) >= 11 is 3.66. The van der Waals surface area contributed by atoms with Gasteiger partial charge in [-0.1, -0.05) is 18.2 Å². The molecule has 0 radical (unpaired) electrons. The van der Waals surface area contributed by atoms with E-state index < -0.39 is 0 Å². The number of aromatic nitrogens is 2. The monoisotopic (exact) mass is 439 g/mol. The maximum absolute atomic E-state index is 13.1. The van der Waals surface area contributed by atoms with Crippen molar-refractivity contribution in [2.75, 3.05) is 12.4 Å². The van der Waals surface area contributed by atoms with Gasteiger partial charge in [0.2, 0.25) is 5.88 Å². The fourth-order valence-corrected chi connectivity index (χ4v) is 3.82. The number of hydrogen-bond donors (Lipinski definition) is 1. The number of anilines is 1. The van der Waals surface area contributed by atoms with Crippen LogP contribution in [0.15, 0.2) is 71.5 Å². The van der Waals surface area contributed by atoms with E-state index in [2.05, 4.69) is 43.1 Å². The first-order valence-electron chi connectivity index (χ1n) is 8.97. The van der Waals surface area contributed by atoms with Crippen LogP contribution in [0.5, 0.6) is 11.6 Å². The molecule has 0 aliphatic rings. The van der Waals surface area contributed by atoms with Crippen LogP contribution in [-0.4, -0.2) is 16.6 Å². The highest BCUT2D eigenvalue weighted by Crippen LogP contribution is 2.36. The highest BCUT2D eigenvalue weighted by atomic mass is 79.9. The summed E-state index contributed by atoms with van der Waals surface area (Å²) in [6.07, 6.45) is 4.58. The molecule has 4 nitrogen and oxygen atoms in total. The van der Waals surface area contributed by atoms with Crippen molar-refractivity contribution in [2.45, 2.75) is 13.0 Å². The Morgan fingerprint density at radius 2 is 1.96 bits per heavy atom. The number of rotatable bonds is 6. The van der Waals surface area contributed by atoms with Gasteiger partial charge in [0.15, 0.2) is 0 Å². The van der Waals surface area contributed by atoms with Crippen molar-refractivity contribution in [3.8, 4) is 11.6 Å². The minimum atomic E-state index is -0.212. The largest absolute Gasteiger partial charge is 0.438 e. The smallest absolute Gasteiger partial charge is 0.221 e. The number of pyridine rings is 1. The predicted molar refractivity (Wildman–Crippen MR) is 114 cm³/mol. The number of hydrogen-bond acceptors (Lipinski definition) is 3. The Morgan fingerprint density at radius 3 is 2.75 bits per heavy atom. The van der Waals surface area contributed by atoms with Gasteiger partial charge in [-0.2, -0.15) is 0 Å². The van der Waals surface area contributed by atoms with Crippen LogP contribution in [0.4, 0.5) is 10.1 Å². The van der Waals surface area contributed by atoms with E-state index in [1.54, 1.807) is 6.20 Å². The minimum absolute atomic E-state index is 0.212. The van der Waals surface area contributed by atoms with Crippen LogP contribution >= 0.6 is 15.9 Å². The average molecular weight is 440 g/mol. The van der Waals surface area contributed by atoms with E-state index in [0.717, 1.165) is 45.3 Å². The zero-order valence-corrected chi connectivity index (χ0v) is 16.9. The number of benzene rings is 2. The van der Waals surface area contributed by atoms with Crippen LogP contribution in [0, 0.1) is 5.82 Å². The molecule has 0 saturated heterocycles. The van der Waals surface area contributed by atoms with Gasteiger partial charge < -0.3 is 14.6 Å². The fourth-order valence-electron chi connectivity index (χ4n) is 3.17. The van der Waals surface area contributed by atoms with Crippen LogP contribution in [0.3, 0.4) is 0 Å². The molecule has 0 amide bonds. The predicted octanol–water partition coefficient (Wildman–Crippen LogP) is 6.01. The second kappa shape index (κ2) is 8.02. The summed E-state index contributed by atoms with van der Waals surface area (Å²) in [6.45, 7) is 0.782. The van der Waals surface area contributed by atoms with Gasteiger partial charge in [0.05, 0.1) is 10.9 Å². The Bertz CT molecular complexity index is 1110. The molecule has 2 aromatic heterocycles. The molecule has 0 bridgehead atoms. The second-order valence-corrected chi connectivity index (χ2v) is 7.29.